The summed E-state index contributed by atoms with van der Waals surface area (Å²) in [5.41, 5.74) is 0. The minimum atomic E-state index is -0.854. The first kappa shape index (κ1) is 13.3. The lowest BCUT2D eigenvalue weighted by Crippen LogP contribution is -2.51. The molecule has 0 saturated heterocycles. The molecule has 0 aromatic carbocycles. The van der Waals surface area contributed by atoms with Crippen molar-refractivity contribution in [2.45, 2.75) is 63.6 Å². The van der Waals surface area contributed by atoms with Gasteiger partial charge in [-0.15, -0.1) is 0 Å². The number of carboxylic acid groups (broad SMARTS) is 1. The van der Waals surface area contributed by atoms with Crippen molar-refractivity contribution in [3.05, 3.63) is 0 Å². The fourth-order valence-corrected chi connectivity index (χ4v) is 2.67. The van der Waals surface area contributed by atoms with E-state index in [-0.39, 0.29) is 24.5 Å². The van der Waals surface area contributed by atoms with Gasteiger partial charge >= 0.3 is 5.97 Å². The third kappa shape index (κ3) is 3.45. The van der Waals surface area contributed by atoms with Crippen LogP contribution < -0.4 is 5.32 Å². The average Bonchev–Trinajstić information content (AvgIpc) is 2.96. The van der Waals surface area contributed by atoms with E-state index in [0.29, 0.717) is 6.04 Å². The molecule has 2 rings (SSSR count). The molecule has 0 radical (unpaired) electrons. The molecule has 102 valence electrons. The smallest absolute Gasteiger partial charge is 0.317 e. The van der Waals surface area contributed by atoms with Crippen LogP contribution in [-0.2, 0) is 9.59 Å². The second-order valence-electron chi connectivity index (χ2n) is 5.46. The number of carbonyl (C=O) groups is 2. The highest BCUT2D eigenvalue weighted by Crippen LogP contribution is 2.25. The van der Waals surface area contributed by atoms with E-state index in [2.05, 4.69) is 5.32 Å². The quantitative estimate of drug-likeness (QED) is 0.741. The summed E-state index contributed by atoms with van der Waals surface area (Å²) in [4.78, 5) is 24.8. The topological polar surface area (TPSA) is 69.6 Å². The fraction of sp³-hybridized carbons (Fsp3) is 0.846. The van der Waals surface area contributed by atoms with E-state index in [1.54, 1.807) is 0 Å². The zero-order valence-electron chi connectivity index (χ0n) is 10.9. The van der Waals surface area contributed by atoms with Gasteiger partial charge < -0.3 is 10.4 Å². The number of aliphatic carboxylic acids is 1. The van der Waals surface area contributed by atoms with Crippen molar-refractivity contribution < 1.29 is 14.7 Å². The van der Waals surface area contributed by atoms with Gasteiger partial charge in [0.1, 0.15) is 0 Å². The fourth-order valence-electron chi connectivity index (χ4n) is 2.67. The molecule has 0 heterocycles. The molecule has 0 aromatic heterocycles. The third-order valence-corrected chi connectivity index (χ3v) is 3.91. The zero-order chi connectivity index (χ0) is 13.1. The van der Waals surface area contributed by atoms with Crippen molar-refractivity contribution in [1.82, 2.24) is 10.2 Å². The number of nitrogens with zero attached hydrogens (tertiary/aromatic N) is 1. The Hall–Kier alpha value is -1.10. The maximum absolute atomic E-state index is 12.0. The summed E-state index contributed by atoms with van der Waals surface area (Å²) in [7, 11) is 0. The van der Waals surface area contributed by atoms with Crippen LogP contribution in [0.3, 0.4) is 0 Å². The maximum atomic E-state index is 12.0. The molecule has 2 saturated carbocycles. The predicted octanol–water partition coefficient (Wildman–Crippen LogP) is 0.983. The average molecular weight is 254 g/mol. The van der Waals surface area contributed by atoms with Gasteiger partial charge in [-0.2, -0.15) is 0 Å². The monoisotopic (exact) mass is 254 g/mol. The Morgan fingerprint density at radius 2 is 1.89 bits per heavy atom. The van der Waals surface area contributed by atoms with E-state index in [1.807, 2.05) is 11.8 Å². The number of hydrogen-bond donors (Lipinski definition) is 2. The minimum absolute atomic E-state index is 0.0225. The molecule has 0 spiro atoms. The van der Waals surface area contributed by atoms with Crippen LogP contribution in [-0.4, -0.2) is 46.6 Å². The Balaban J connectivity index is 1.96. The molecule has 5 nitrogen and oxygen atoms in total. The number of hydrogen-bond acceptors (Lipinski definition) is 3. The molecule has 18 heavy (non-hydrogen) atoms. The van der Waals surface area contributed by atoms with Crippen LogP contribution in [0.5, 0.6) is 0 Å². The van der Waals surface area contributed by atoms with Gasteiger partial charge in [-0.3, -0.25) is 14.5 Å². The van der Waals surface area contributed by atoms with Gasteiger partial charge in [-0.05, 0) is 32.6 Å². The number of carbonyl (C=O) groups excluding carboxylic acids is 1. The zero-order valence-corrected chi connectivity index (χ0v) is 10.9. The molecule has 1 amide bonds. The highest BCUT2D eigenvalue weighted by atomic mass is 16.4. The largest absolute Gasteiger partial charge is 0.480 e. The van der Waals surface area contributed by atoms with Crippen molar-refractivity contribution in [1.29, 1.82) is 0 Å². The van der Waals surface area contributed by atoms with E-state index in [9.17, 15) is 9.59 Å². The summed E-state index contributed by atoms with van der Waals surface area (Å²) in [6.07, 6.45) is 6.40. The highest BCUT2D eigenvalue weighted by Gasteiger charge is 2.33. The lowest BCUT2D eigenvalue weighted by atomic mass is 10.1. The van der Waals surface area contributed by atoms with Crippen LogP contribution in [0.25, 0.3) is 0 Å². The van der Waals surface area contributed by atoms with Gasteiger partial charge in [0.15, 0.2) is 0 Å². The minimum Gasteiger partial charge on any atom is -0.480 e. The van der Waals surface area contributed by atoms with Gasteiger partial charge in [0.05, 0.1) is 12.6 Å². The third-order valence-electron chi connectivity index (χ3n) is 3.91. The summed E-state index contributed by atoms with van der Waals surface area (Å²) in [6, 6.07) is 0.237. The number of carboxylic acids is 1. The van der Waals surface area contributed by atoms with Crippen LogP contribution in [0.1, 0.15) is 45.4 Å². The van der Waals surface area contributed by atoms with Gasteiger partial charge in [0, 0.05) is 12.1 Å². The van der Waals surface area contributed by atoms with Gasteiger partial charge in [-0.25, -0.2) is 0 Å². The van der Waals surface area contributed by atoms with Crippen molar-refractivity contribution in [3.63, 3.8) is 0 Å². The Bertz CT molecular complexity index is 322. The Kier molecular flexibility index (Phi) is 4.22. The first-order valence-corrected chi connectivity index (χ1v) is 6.86. The predicted molar refractivity (Wildman–Crippen MR) is 67.2 cm³/mol. The molecule has 2 aliphatic rings. The summed E-state index contributed by atoms with van der Waals surface area (Å²) in [6.45, 7) is 1.78. The summed E-state index contributed by atoms with van der Waals surface area (Å²) >= 11 is 0. The van der Waals surface area contributed by atoms with Crippen LogP contribution in [0.2, 0.25) is 0 Å². The lowest BCUT2D eigenvalue weighted by Gasteiger charge is -2.32. The summed E-state index contributed by atoms with van der Waals surface area (Å²) in [5, 5.41) is 12.0. The van der Waals surface area contributed by atoms with Crippen molar-refractivity contribution in [2.75, 3.05) is 6.54 Å². The van der Waals surface area contributed by atoms with Crippen molar-refractivity contribution >= 4 is 11.9 Å². The normalized spacial score (nSPS) is 22.1. The summed E-state index contributed by atoms with van der Waals surface area (Å²) < 4.78 is 0. The van der Waals surface area contributed by atoms with Crippen LogP contribution in [0.4, 0.5) is 0 Å². The van der Waals surface area contributed by atoms with Crippen LogP contribution >= 0.6 is 0 Å². The molecular formula is C13H22N2O3. The van der Waals surface area contributed by atoms with E-state index in [0.717, 1.165) is 38.5 Å². The molecule has 2 N–H and O–H groups in total. The van der Waals surface area contributed by atoms with Crippen LogP contribution in [0.15, 0.2) is 0 Å². The Morgan fingerprint density at radius 1 is 1.28 bits per heavy atom. The summed E-state index contributed by atoms with van der Waals surface area (Å²) in [5.74, 6) is -0.876. The molecule has 2 fully saturated rings. The lowest BCUT2D eigenvalue weighted by molar-refractivity contribution is -0.141. The van der Waals surface area contributed by atoms with Crippen molar-refractivity contribution in [2.24, 2.45) is 0 Å². The SMILES string of the molecule is CC(C(=O)NC1CC1)N(CC(=O)O)C1CCCC1. The second-order valence-corrected chi connectivity index (χ2v) is 5.46. The molecule has 0 aromatic rings. The Morgan fingerprint density at radius 3 is 2.39 bits per heavy atom. The molecule has 5 heteroatoms. The molecule has 0 bridgehead atoms. The Labute approximate surface area is 108 Å². The van der Waals surface area contributed by atoms with Gasteiger partial charge in [-0.1, -0.05) is 12.8 Å². The van der Waals surface area contributed by atoms with Gasteiger partial charge in [0.25, 0.3) is 0 Å². The molecule has 1 atom stereocenters. The number of nitrogens with one attached hydrogen (secondary N) is 1. The molecular weight excluding hydrogens is 232 g/mol. The van der Waals surface area contributed by atoms with E-state index in [4.69, 9.17) is 5.11 Å². The first-order valence-electron chi connectivity index (χ1n) is 6.86. The van der Waals surface area contributed by atoms with Gasteiger partial charge in [0.2, 0.25) is 5.91 Å². The number of amides is 1. The second kappa shape index (κ2) is 5.69. The first-order chi connectivity index (χ1) is 8.58. The molecule has 0 aliphatic heterocycles. The van der Waals surface area contributed by atoms with Crippen LogP contribution in [0, 0.1) is 0 Å². The number of rotatable bonds is 6. The molecule has 2 aliphatic carbocycles. The highest BCUT2D eigenvalue weighted by molar-refractivity contribution is 5.82. The molecule has 1 unspecified atom stereocenters. The van der Waals surface area contributed by atoms with E-state index < -0.39 is 5.97 Å². The van der Waals surface area contributed by atoms with E-state index in [1.165, 1.54) is 0 Å². The van der Waals surface area contributed by atoms with Crippen molar-refractivity contribution in [3.8, 4) is 0 Å². The standard InChI is InChI=1S/C13H22N2O3/c1-9(13(18)14-10-6-7-10)15(8-12(16)17)11-4-2-3-5-11/h9-11H,2-8H2,1H3,(H,14,18)(H,16,17). The van der Waals surface area contributed by atoms with E-state index >= 15 is 0 Å². The maximum Gasteiger partial charge on any atom is 0.317 e.